The lowest BCUT2D eigenvalue weighted by Crippen LogP contribution is -2.27. The number of sulfonamides is 1. The average Bonchev–Trinajstić information content (AvgIpc) is 3.52. The summed E-state index contributed by atoms with van der Waals surface area (Å²) in [6.07, 6.45) is 2.48. The van der Waals surface area contributed by atoms with Crippen molar-refractivity contribution in [3.63, 3.8) is 0 Å². The number of benzene rings is 2. The van der Waals surface area contributed by atoms with Gasteiger partial charge in [0.15, 0.2) is 0 Å². The molecule has 154 valence electrons. The highest BCUT2D eigenvalue weighted by molar-refractivity contribution is 7.92. The van der Waals surface area contributed by atoms with Crippen molar-refractivity contribution in [2.75, 3.05) is 29.9 Å². The molecule has 29 heavy (non-hydrogen) atoms. The third-order valence-electron chi connectivity index (χ3n) is 5.74. The maximum Gasteiger partial charge on any atom is 0.234 e. The van der Waals surface area contributed by atoms with E-state index in [0.717, 1.165) is 40.1 Å². The van der Waals surface area contributed by atoms with Crippen LogP contribution in [0.1, 0.15) is 19.8 Å². The zero-order chi connectivity index (χ0) is 20.8. The van der Waals surface area contributed by atoms with E-state index in [2.05, 4.69) is 4.57 Å². The SMILES string of the molecule is CCS(=O)(=O)N(C)c1ccc(-c2c(N)c3ccc(OC)cc3n2CC2CC2)cc1. The van der Waals surface area contributed by atoms with Gasteiger partial charge in [-0.3, -0.25) is 4.31 Å². The normalized spacial score (nSPS) is 14.3. The molecule has 0 radical (unpaired) electrons. The number of nitrogen functional groups attached to an aromatic ring is 1. The van der Waals surface area contributed by atoms with Gasteiger partial charge in [0.25, 0.3) is 0 Å². The number of nitrogens with zero attached hydrogens (tertiary/aromatic N) is 2. The van der Waals surface area contributed by atoms with E-state index >= 15 is 0 Å². The molecular formula is C22H27N3O3S. The third-order valence-corrected chi connectivity index (χ3v) is 7.51. The molecule has 0 spiro atoms. The predicted molar refractivity (Wildman–Crippen MR) is 119 cm³/mol. The van der Waals surface area contributed by atoms with Gasteiger partial charge in [-0.15, -0.1) is 0 Å². The molecule has 1 aromatic heterocycles. The summed E-state index contributed by atoms with van der Waals surface area (Å²) in [7, 11) is -0.0436. The molecule has 0 saturated heterocycles. The van der Waals surface area contributed by atoms with E-state index in [9.17, 15) is 8.42 Å². The molecule has 6 nitrogen and oxygen atoms in total. The number of methoxy groups -OCH3 is 1. The van der Waals surface area contributed by atoms with Gasteiger partial charge in [-0.1, -0.05) is 12.1 Å². The number of anilines is 2. The summed E-state index contributed by atoms with van der Waals surface area (Å²) in [5.74, 6) is 1.55. The molecule has 0 unspecified atom stereocenters. The van der Waals surface area contributed by atoms with E-state index in [4.69, 9.17) is 10.5 Å². The molecule has 0 amide bonds. The number of rotatable bonds is 7. The van der Waals surface area contributed by atoms with Crippen LogP contribution in [-0.4, -0.2) is 32.9 Å². The van der Waals surface area contributed by atoms with Gasteiger partial charge in [0.2, 0.25) is 10.0 Å². The van der Waals surface area contributed by atoms with Crippen molar-refractivity contribution in [2.24, 2.45) is 5.92 Å². The van der Waals surface area contributed by atoms with Crippen molar-refractivity contribution >= 4 is 32.3 Å². The lowest BCUT2D eigenvalue weighted by molar-refractivity contribution is 0.415. The first-order valence-electron chi connectivity index (χ1n) is 9.88. The van der Waals surface area contributed by atoms with Crippen molar-refractivity contribution in [1.82, 2.24) is 4.57 Å². The van der Waals surface area contributed by atoms with Crippen LogP contribution in [0.5, 0.6) is 5.75 Å². The third kappa shape index (κ3) is 3.55. The second-order valence-electron chi connectivity index (χ2n) is 7.61. The minimum absolute atomic E-state index is 0.0651. The maximum atomic E-state index is 12.2. The molecule has 2 N–H and O–H groups in total. The summed E-state index contributed by atoms with van der Waals surface area (Å²) in [5.41, 5.74) is 11.0. The Morgan fingerprint density at radius 2 is 1.86 bits per heavy atom. The first-order valence-corrected chi connectivity index (χ1v) is 11.5. The van der Waals surface area contributed by atoms with E-state index in [1.165, 1.54) is 17.1 Å². The van der Waals surface area contributed by atoms with E-state index in [0.29, 0.717) is 11.6 Å². The Balaban J connectivity index is 1.81. The molecular weight excluding hydrogens is 386 g/mol. The van der Waals surface area contributed by atoms with Crippen molar-refractivity contribution in [2.45, 2.75) is 26.3 Å². The van der Waals surface area contributed by atoms with Gasteiger partial charge in [-0.2, -0.15) is 0 Å². The van der Waals surface area contributed by atoms with Crippen molar-refractivity contribution in [3.8, 4) is 17.0 Å². The molecule has 0 bridgehead atoms. The predicted octanol–water partition coefficient (Wildman–Crippen LogP) is 4.10. The number of fused-ring (bicyclic) bond motifs is 1. The van der Waals surface area contributed by atoms with Crippen LogP contribution in [-0.2, 0) is 16.6 Å². The fourth-order valence-electron chi connectivity index (χ4n) is 3.73. The van der Waals surface area contributed by atoms with Crippen molar-refractivity contribution in [3.05, 3.63) is 42.5 Å². The van der Waals surface area contributed by atoms with Gasteiger partial charge in [-0.05, 0) is 49.9 Å². The van der Waals surface area contributed by atoms with E-state index in [1.54, 1.807) is 21.1 Å². The summed E-state index contributed by atoms with van der Waals surface area (Å²) >= 11 is 0. The second kappa shape index (κ2) is 7.30. The Kier molecular flexibility index (Phi) is 4.94. The van der Waals surface area contributed by atoms with Crippen LogP contribution in [0.25, 0.3) is 22.2 Å². The molecule has 3 aromatic rings. The summed E-state index contributed by atoms with van der Waals surface area (Å²) in [6, 6.07) is 13.5. The average molecular weight is 414 g/mol. The van der Waals surface area contributed by atoms with Gasteiger partial charge in [0.05, 0.1) is 35.4 Å². The molecule has 1 aliphatic carbocycles. The summed E-state index contributed by atoms with van der Waals surface area (Å²) in [6.45, 7) is 2.56. The van der Waals surface area contributed by atoms with Crippen LogP contribution in [0.3, 0.4) is 0 Å². The molecule has 1 heterocycles. The molecule has 1 aliphatic rings. The van der Waals surface area contributed by atoms with Crippen LogP contribution in [0, 0.1) is 5.92 Å². The van der Waals surface area contributed by atoms with Crippen LogP contribution >= 0.6 is 0 Å². The Morgan fingerprint density at radius 1 is 1.17 bits per heavy atom. The fraction of sp³-hybridized carbons (Fsp3) is 0.364. The van der Waals surface area contributed by atoms with Gasteiger partial charge >= 0.3 is 0 Å². The maximum absolute atomic E-state index is 12.2. The zero-order valence-electron chi connectivity index (χ0n) is 17.1. The molecule has 1 saturated carbocycles. The highest BCUT2D eigenvalue weighted by Crippen LogP contribution is 2.41. The number of hydrogen-bond acceptors (Lipinski definition) is 4. The second-order valence-corrected chi connectivity index (χ2v) is 9.90. The van der Waals surface area contributed by atoms with Crippen molar-refractivity contribution in [1.29, 1.82) is 0 Å². The molecule has 0 aliphatic heterocycles. The highest BCUT2D eigenvalue weighted by Gasteiger charge is 2.26. The highest BCUT2D eigenvalue weighted by atomic mass is 32.2. The van der Waals surface area contributed by atoms with Gasteiger partial charge in [0, 0.05) is 30.6 Å². The fourth-order valence-corrected chi connectivity index (χ4v) is 4.56. The standard InChI is InChI=1S/C22H27N3O3S/c1-4-29(26,27)24(2)17-9-7-16(8-10-17)22-21(23)19-12-11-18(28-3)13-20(19)25(22)14-15-5-6-15/h7-13,15H,4-6,14,23H2,1-3H3. The van der Waals surface area contributed by atoms with Gasteiger partial charge < -0.3 is 15.0 Å². The monoisotopic (exact) mass is 413 g/mol. The van der Waals surface area contributed by atoms with Gasteiger partial charge in [0.1, 0.15) is 5.75 Å². The Morgan fingerprint density at radius 3 is 2.45 bits per heavy atom. The van der Waals surface area contributed by atoms with Crippen LogP contribution < -0.4 is 14.8 Å². The number of nitrogens with two attached hydrogens (primary N) is 1. The number of aromatic nitrogens is 1. The first kappa shape index (κ1) is 19.6. The smallest absolute Gasteiger partial charge is 0.234 e. The quantitative estimate of drug-likeness (QED) is 0.633. The van der Waals surface area contributed by atoms with Crippen LogP contribution in [0.4, 0.5) is 11.4 Å². The zero-order valence-corrected chi connectivity index (χ0v) is 17.9. The lowest BCUT2D eigenvalue weighted by atomic mass is 10.1. The number of hydrogen-bond donors (Lipinski definition) is 1. The first-order chi connectivity index (χ1) is 13.9. The van der Waals surface area contributed by atoms with Crippen LogP contribution in [0.2, 0.25) is 0 Å². The molecule has 7 heteroatoms. The van der Waals surface area contributed by atoms with Crippen molar-refractivity contribution < 1.29 is 13.2 Å². The Labute approximate surface area is 171 Å². The molecule has 4 rings (SSSR count). The largest absolute Gasteiger partial charge is 0.497 e. The van der Waals surface area contributed by atoms with E-state index in [-0.39, 0.29) is 5.75 Å². The summed E-state index contributed by atoms with van der Waals surface area (Å²) in [4.78, 5) is 0. The lowest BCUT2D eigenvalue weighted by Gasteiger charge is -2.19. The minimum atomic E-state index is -3.29. The topological polar surface area (TPSA) is 77.6 Å². The van der Waals surface area contributed by atoms with Crippen LogP contribution in [0.15, 0.2) is 42.5 Å². The summed E-state index contributed by atoms with van der Waals surface area (Å²) < 4.78 is 33.3. The van der Waals surface area contributed by atoms with Gasteiger partial charge in [-0.25, -0.2) is 8.42 Å². The number of ether oxygens (including phenoxy) is 1. The summed E-state index contributed by atoms with van der Waals surface area (Å²) in [5, 5.41) is 1.01. The molecule has 0 atom stereocenters. The molecule has 2 aromatic carbocycles. The van der Waals surface area contributed by atoms with E-state index < -0.39 is 10.0 Å². The minimum Gasteiger partial charge on any atom is -0.497 e. The Hall–Kier alpha value is -2.67. The Bertz CT molecular complexity index is 1150. The van der Waals surface area contributed by atoms with E-state index in [1.807, 2.05) is 42.5 Å². The molecule has 1 fully saturated rings.